The van der Waals surface area contributed by atoms with Gasteiger partial charge in [-0.25, -0.2) is 0 Å². The van der Waals surface area contributed by atoms with E-state index in [4.69, 9.17) is 5.73 Å². The number of carbonyl (C=O) groups is 1. The van der Waals surface area contributed by atoms with Crippen molar-refractivity contribution in [3.05, 3.63) is 41.4 Å². The molecule has 0 aliphatic carbocycles. The lowest BCUT2D eigenvalue weighted by molar-refractivity contribution is 0.0992. The maximum absolute atomic E-state index is 11.6. The molecule has 0 saturated carbocycles. The monoisotopic (exact) mass is 229 g/mol. The van der Waals surface area contributed by atoms with Gasteiger partial charge in [-0.3, -0.25) is 4.79 Å². The highest BCUT2D eigenvalue weighted by Gasteiger charge is 2.19. The van der Waals surface area contributed by atoms with Crippen LogP contribution in [0, 0.1) is 5.92 Å². The number of nitrogens with two attached hydrogens (primary N) is 1. The molecule has 0 saturated heterocycles. The largest absolute Gasteiger partial charge is 0.364 e. The second kappa shape index (κ2) is 4.24. The van der Waals surface area contributed by atoms with Gasteiger partial charge in [-0.15, -0.1) is 0 Å². The highest BCUT2D eigenvalue weighted by Crippen LogP contribution is 2.27. The number of aryl methyl sites for hydroxylation is 1. The van der Waals surface area contributed by atoms with E-state index in [9.17, 15) is 4.79 Å². The molecule has 2 N–H and O–H groups in total. The van der Waals surface area contributed by atoms with E-state index in [-0.39, 0.29) is 5.91 Å². The minimum absolute atomic E-state index is 0.361. The molecule has 1 aromatic heterocycles. The molecule has 1 heterocycles. The Hall–Kier alpha value is -1.77. The summed E-state index contributed by atoms with van der Waals surface area (Å²) in [5, 5.41) is 1.12. The predicted molar refractivity (Wildman–Crippen MR) is 69.7 cm³/mol. The molecule has 0 atom stereocenters. The lowest BCUT2D eigenvalue weighted by Crippen LogP contribution is -2.17. The number of hydrogen-bond donors (Lipinski definition) is 1. The standard InChI is InChI=1S/C14H17N2O/c1-9(2)8-11-10-6-4-5-7-12(10)16(3)13(11)14(15)17/h4-7H,8H2,1-3H3,(H2,15,17). The van der Waals surface area contributed by atoms with E-state index in [1.165, 1.54) is 5.92 Å². The topological polar surface area (TPSA) is 48.0 Å². The Morgan fingerprint density at radius 2 is 1.94 bits per heavy atom. The second-order valence-electron chi connectivity index (χ2n) is 4.65. The van der Waals surface area contributed by atoms with E-state index < -0.39 is 0 Å². The van der Waals surface area contributed by atoms with Crippen molar-refractivity contribution in [2.24, 2.45) is 12.8 Å². The third-order valence-electron chi connectivity index (χ3n) is 2.98. The SMILES string of the molecule is C[C](C)Cc1c(C(N)=O)n(C)c2ccccc12. The summed E-state index contributed by atoms with van der Waals surface area (Å²) in [4.78, 5) is 11.6. The van der Waals surface area contributed by atoms with Gasteiger partial charge in [0.2, 0.25) is 0 Å². The zero-order chi connectivity index (χ0) is 12.6. The molecule has 0 aliphatic rings. The zero-order valence-electron chi connectivity index (χ0n) is 10.4. The molecule has 1 radical (unpaired) electrons. The molecule has 3 heteroatoms. The van der Waals surface area contributed by atoms with E-state index in [2.05, 4.69) is 13.8 Å². The highest BCUT2D eigenvalue weighted by molar-refractivity contribution is 6.01. The number of nitrogens with zero attached hydrogens (tertiary/aromatic N) is 1. The first kappa shape index (κ1) is 11.7. The van der Waals surface area contributed by atoms with Crippen LogP contribution in [0.4, 0.5) is 0 Å². The number of hydrogen-bond acceptors (Lipinski definition) is 1. The molecule has 1 amide bonds. The van der Waals surface area contributed by atoms with Crippen LogP contribution in [-0.4, -0.2) is 10.5 Å². The van der Waals surface area contributed by atoms with Crippen LogP contribution in [0.2, 0.25) is 0 Å². The third-order valence-corrected chi connectivity index (χ3v) is 2.98. The quantitative estimate of drug-likeness (QED) is 0.863. The van der Waals surface area contributed by atoms with Crippen molar-refractivity contribution in [3.8, 4) is 0 Å². The van der Waals surface area contributed by atoms with Crippen molar-refractivity contribution in [1.29, 1.82) is 0 Å². The van der Waals surface area contributed by atoms with Crippen molar-refractivity contribution in [2.45, 2.75) is 20.3 Å². The molecule has 0 spiro atoms. The van der Waals surface area contributed by atoms with Crippen molar-refractivity contribution >= 4 is 16.8 Å². The van der Waals surface area contributed by atoms with Gasteiger partial charge in [0.05, 0.1) is 0 Å². The highest BCUT2D eigenvalue weighted by atomic mass is 16.1. The summed E-state index contributed by atoms with van der Waals surface area (Å²) in [6.45, 7) is 4.12. The van der Waals surface area contributed by atoms with E-state index in [1.807, 2.05) is 35.9 Å². The van der Waals surface area contributed by atoms with Crippen molar-refractivity contribution < 1.29 is 4.79 Å². The zero-order valence-corrected chi connectivity index (χ0v) is 10.4. The molecule has 1 aromatic carbocycles. The fourth-order valence-electron chi connectivity index (χ4n) is 2.32. The van der Waals surface area contributed by atoms with Crippen molar-refractivity contribution in [3.63, 3.8) is 0 Å². The average Bonchev–Trinajstić information content (AvgIpc) is 2.52. The fraction of sp³-hybridized carbons (Fsp3) is 0.286. The minimum Gasteiger partial charge on any atom is -0.364 e. The van der Waals surface area contributed by atoms with Crippen LogP contribution in [0.15, 0.2) is 24.3 Å². The Balaban J connectivity index is 2.76. The fourth-order valence-corrected chi connectivity index (χ4v) is 2.32. The molecule has 3 nitrogen and oxygen atoms in total. The Morgan fingerprint density at radius 3 is 2.53 bits per heavy atom. The second-order valence-corrected chi connectivity index (χ2v) is 4.65. The predicted octanol–water partition coefficient (Wildman–Crippen LogP) is 2.43. The van der Waals surface area contributed by atoms with Gasteiger partial charge in [0.1, 0.15) is 5.69 Å². The lowest BCUT2D eigenvalue weighted by atomic mass is 9.99. The number of primary amides is 1. The van der Waals surface area contributed by atoms with E-state index in [0.29, 0.717) is 5.69 Å². The average molecular weight is 229 g/mol. The van der Waals surface area contributed by atoms with Gasteiger partial charge in [0.15, 0.2) is 0 Å². The summed E-state index contributed by atoms with van der Waals surface area (Å²) in [5.41, 5.74) is 8.19. The maximum Gasteiger partial charge on any atom is 0.265 e. The molecular weight excluding hydrogens is 212 g/mol. The Kier molecular flexibility index (Phi) is 2.92. The van der Waals surface area contributed by atoms with Gasteiger partial charge >= 0.3 is 0 Å². The number of carbonyl (C=O) groups excluding carboxylic acids is 1. The van der Waals surface area contributed by atoms with Gasteiger partial charge in [-0.2, -0.15) is 0 Å². The van der Waals surface area contributed by atoms with Gasteiger partial charge in [0, 0.05) is 18.0 Å². The lowest BCUT2D eigenvalue weighted by Gasteiger charge is -2.06. The smallest absolute Gasteiger partial charge is 0.265 e. The molecule has 0 bridgehead atoms. The van der Waals surface area contributed by atoms with E-state index in [0.717, 1.165) is 22.9 Å². The van der Waals surface area contributed by atoms with Crippen LogP contribution < -0.4 is 5.73 Å². The Labute approximate surface area is 101 Å². The number of para-hydroxylation sites is 1. The summed E-state index contributed by atoms with van der Waals surface area (Å²) < 4.78 is 1.88. The Bertz CT molecular complexity index is 567. The van der Waals surface area contributed by atoms with Crippen molar-refractivity contribution in [1.82, 2.24) is 4.57 Å². The molecule has 17 heavy (non-hydrogen) atoms. The van der Waals surface area contributed by atoms with Crippen LogP contribution in [0.1, 0.15) is 29.9 Å². The van der Waals surface area contributed by atoms with Gasteiger partial charge in [-0.1, -0.05) is 32.0 Å². The third kappa shape index (κ3) is 1.93. The van der Waals surface area contributed by atoms with E-state index in [1.54, 1.807) is 0 Å². The number of fused-ring (bicyclic) bond motifs is 1. The van der Waals surface area contributed by atoms with Crippen LogP contribution in [-0.2, 0) is 13.5 Å². The number of benzene rings is 1. The molecule has 2 rings (SSSR count). The normalized spacial score (nSPS) is 11.3. The number of amides is 1. The van der Waals surface area contributed by atoms with Crippen LogP contribution >= 0.6 is 0 Å². The Morgan fingerprint density at radius 1 is 1.29 bits per heavy atom. The van der Waals surface area contributed by atoms with Gasteiger partial charge in [-0.05, 0) is 24.0 Å². The maximum atomic E-state index is 11.6. The molecule has 0 unspecified atom stereocenters. The van der Waals surface area contributed by atoms with Crippen LogP contribution in [0.5, 0.6) is 0 Å². The molecular formula is C14H17N2O. The summed E-state index contributed by atoms with van der Waals surface area (Å²) in [6.07, 6.45) is 0.791. The van der Waals surface area contributed by atoms with E-state index >= 15 is 0 Å². The first-order valence-corrected chi connectivity index (χ1v) is 5.67. The molecule has 0 fully saturated rings. The molecule has 2 aromatic rings. The van der Waals surface area contributed by atoms with Crippen LogP contribution in [0.3, 0.4) is 0 Å². The van der Waals surface area contributed by atoms with Crippen LogP contribution in [0.25, 0.3) is 10.9 Å². The first-order valence-electron chi connectivity index (χ1n) is 5.67. The summed E-state index contributed by atoms with van der Waals surface area (Å²) in [7, 11) is 1.89. The van der Waals surface area contributed by atoms with Crippen molar-refractivity contribution in [2.75, 3.05) is 0 Å². The minimum atomic E-state index is -0.361. The number of aromatic nitrogens is 1. The number of rotatable bonds is 3. The molecule has 89 valence electrons. The summed E-state index contributed by atoms with van der Waals surface area (Å²) in [6, 6.07) is 8.01. The summed E-state index contributed by atoms with van der Waals surface area (Å²) in [5.74, 6) is 0.906. The van der Waals surface area contributed by atoms with Gasteiger partial charge in [0.25, 0.3) is 5.91 Å². The molecule has 0 aliphatic heterocycles. The van der Waals surface area contributed by atoms with Gasteiger partial charge < -0.3 is 10.3 Å². The first-order chi connectivity index (χ1) is 8.02. The summed E-state index contributed by atoms with van der Waals surface area (Å²) >= 11 is 0.